The molecule has 1 aromatic heterocycles. The molecule has 0 atom stereocenters. The highest BCUT2D eigenvalue weighted by atomic mass is 16.6. The number of aryl methyl sites for hydroxylation is 1. The number of carbonyl (C=O) groups excluding carboxylic acids is 2. The Bertz CT molecular complexity index is 1140. The number of ether oxygens (including phenoxy) is 2. The van der Waals surface area contributed by atoms with Crippen LogP contribution in [0.15, 0.2) is 29.8 Å². The first-order chi connectivity index (χ1) is 15.6. The topological polar surface area (TPSA) is 136 Å². The van der Waals surface area contributed by atoms with E-state index < -0.39 is 23.4 Å². The summed E-state index contributed by atoms with van der Waals surface area (Å²) in [6.07, 6.45) is 1.44. The number of hydrogen-bond acceptors (Lipinski definition) is 7. The van der Waals surface area contributed by atoms with Gasteiger partial charge in [0.1, 0.15) is 17.4 Å². The van der Waals surface area contributed by atoms with Crippen molar-refractivity contribution < 1.29 is 24.0 Å². The van der Waals surface area contributed by atoms with Crippen molar-refractivity contribution in [3.05, 3.63) is 56.9 Å². The molecule has 10 nitrogen and oxygen atoms in total. The Morgan fingerprint density at radius 3 is 2.58 bits per heavy atom. The van der Waals surface area contributed by atoms with E-state index in [-0.39, 0.29) is 22.7 Å². The Kier molecular flexibility index (Phi) is 8.34. The molecule has 0 aliphatic heterocycles. The molecule has 174 valence electrons. The molecule has 0 saturated carbocycles. The van der Waals surface area contributed by atoms with E-state index >= 15 is 0 Å². The normalized spacial score (nSPS) is 11.1. The standard InChI is InChI=1S/C23H26N4O6/c1-14(2)12-26-15(3)8-17(16(26)4)9-18(11-24)23(29)33-13-22(28)25-20-7-6-19(27(30)31)10-21(20)32-5/h6-10,14H,12-13H2,1-5H3,(H,25,28)/b18-9+. The molecule has 2 rings (SSSR count). The summed E-state index contributed by atoms with van der Waals surface area (Å²) in [5, 5.41) is 22.7. The highest BCUT2D eigenvalue weighted by Gasteiger charge is 2.17. The molecule has 1 amide bonds. The Morgan fingerprint density at radius 2 is 2.00 bits per heavy atom. The second kappa shape index (κ2) is 10.9. The number of rotatable bonds is 9. The number of nitriles is 1. The van der Waals surface area contributed by atoms with Crippen LogP contribution in [0.25, 0.3) is 6.08 Å². The molecule has 1 heterocycles. The van der Waals surface area contributed by atoms with Crippen LogP contribution in [0, 0.1) is 41.2 Å². The Morgan fingerprint density at radius 1 is 1.30 bits per heavy atom. The predicted octanol–water partition coefficient (Wildman–Crippen LogP) is 3.77. The van der Waals surface area contributed by atoms with Crippen molar-refractivity contribution in [2.24, 2.45) is 5.92 Å². The summed E-state index contributed by atoms with van der Waals surface area (Å²) in [5.41, 5.74) is 2.40. The van der Waals surface area contributed by atoms with Gasteiger partial charge in [0.25, 0.3) is 11.6 Å². The zero-order valence-electron chi connectivity index (χ0n) is 19.2. The lowest BCUT2D eigenvalue weighted by atomic mass is 10.1. The van der Waals surface area contributed by atoms with Gasteiger partial charge in [0.05, 0.1) is 23.8 Å². The number of hydrogen-bond donors (Lipinski definition) is 1. The number of non-ortho nitro benzene ring substituents is 1. The summed E-state index contributed by atoms with van der Waals surface area (Å²) in [4.78, 5) is 34.8. The number of nitrogens with one attached hydrogen (secondary N) is 1. The molecule has 0 aliphatic rings. The van der Waals surface area contributed by atoms with Gasteiger partial charge in [-0.3, -0.25) is 14.9 Å². The Labute approximate surface area is 191 Å². The van der Waals surface area contributed by atoms with E-state index in [2.05, 4.69) is 23.7 Å². The van der Waals surface area contributed by atoms with Crippen LogP contribution >= 0.6 is 0 Å². The molecule has 0 bridgehead atoms. The third-order valence-corrected chi connectivity index (χ3v) is 4.81. The number of carbonyl (C=O) groups is 2. The van der Waals surface area contributed by atoms with Gasteiger partial charge in [-0.1, -0.05) is 13.8 Å². The van der Waals surface area contributed by atoms with E-state index in [4.69, 9.17) is 9.47 Å². The summed E-state index contributed by atoms with van der Waals surface area (Å²) < 4.78 is 12.1. The predicted molar refractivity (Wildman–Crippen MR) is 122 cm³/mol. The summed E-state index contributed by atoms with van der Waals surface area (Å²) in [6, 6.07) is 7.38. The number of amides is 1. The fourth-order valence-electron chi connectivity index (χ4n) is 3.20. The van der Waals surface area contributed by atoms with Crippen LogP contribution in [0.3, 0.4) is 0 Å². The first-order valence-electron chi connectivity index (χ1n) is 10.1. The van der Waals surface area contributed by atoms with Crippen molar-refractivity contribution in [3.8, 4) is 11.8 Å². The highest BCUT2D eigenvalue weighted by Crippen LogP contribution is 2.29. The van der Waals surface area contributed by atoms with Gasteiger partial charge in [0.15, 0.2) is 6.61 Å². The van der Waals surface area contributed by atoms with E-state index in [1.54, 1.807) is 0 Å². The zero-order chi connectivity index (χ0) is 24.7. The van der Waals surface area contributed by atoms with E-state index in [1.165, 1.54) is 25.3 Å². The largest absolute Gasteiger partial charge is 0.494 e. The van der Waals surface area contributed by atoms with Gasteiger partial charge in [-0.15, -0.1) is 0 Å². The van der Waals surface area contributed by atoms with Gasteiger partial charge in [-0.2, -0.15) is 5.26 Å². The van der Waals surface area contributed by atoms with E-state index in [1.807, 2.05) is 26.0 Å². The van der Waals surface area contributed by atoms with Crippen molar-refractivity contribution in [1.29, 1.82) is 5.26 Å². The lowest BCUT2D eigenvalue weighted by molar-refractivity contribution is -0.384. The molecule has 1 aromatic carbocycles. The molecule has 0 fully saturated rings. The minimum atomic E-state index is -0.933. The third kappa shape index (κ3) is 6.43. The number of nitrogens with zero attached hydrogens (tertiary/aromatic N) is 3. The maximum Gasteiger partial charge on any atom is 0.349 e. The molecule has 0 saturated heterocycles. The molecule has 33 heavy (non-hydrogen) atoms. The van der Waals surface area contributed by atoms with Gasteiger partial charge in [0, 0.05) is 24.0 Å². The summed E-state index contributed by atoms with van der Waals surface area (Å²) >= 11 is 0. The fourth-order valence-corrected chi connectivity index (χ4v) is 3.20. The van der Waals surface area contributed by atoms with Crippen LogP contribution in [0.2, 0.25) is 0 Å². The average molecular weight is 454 g/mol. The van der Waals surface area contributed by atoms with Crippen molar-refractivity contribution in [1.82, 2.24) is 4.57 Å². The highest BCUT2D eigenvalue weighted by molar-refractivity contribution is 6.00. The molecule has 0 radical (unpaired) electrons. The number of benzene rings is 1. The van der Waals surface area contributed by atoms with Crippen molar-refractivity contribution in [2.75, 3.05) is 19.0 Å². The van der Waals surface area contributed by atoms with E-state index in [0.717, 1.165) is 29.6 Å². The number of nitro groups is 1. The first kappa shape index (κ1) is 25.1. The molecule has 10 heteroatoms. The van der Waals surface area contributed by atoms with Crippen LogP contribution in [-0.2, 0) is 20.9 Å². The van der Waals surface area contributed by atoms with E-state index in [0.29, 0.717) is 5.92 Å². The average Bonchev–Trinajstić information content (AvgIpc) is 3.02. The quantitative estimate of drug-likeness (QED) is 0.200. The second-order valence-corrected chi connectivity index (χ2v) is 7.77. The fraction of sp³-hybridized carbons (Fsp3) is 0.348. The van der Waals surface area contributed by atoms with E-state index in [9.17, 15) is 25.0 Å². The summed E-state index contributed by atoms with van der Waals surface area (Å²) in [6.45, 7) is 8.22. The first-order valence-corrected chi connectivity index (χ1v) is 10.1. The van der Waals surface area contributed by atoms with Gasteiger partial charge < -0.3 is 19.4 Å². The Hall–Kier alpha value is -4.13. The number of anilines is 1. The minimum Gasteiger partial charge on any atom is -0.494 e. The second-order valence-electron chi connectivity index (χ2n) is 7.77. The van der Waals surface area contributed by atoms with Gasteiger partial charge >= 0.3 is 5.97 Å². The smallest absolute Gasteiger partial charge is 0.349 e. The van der Waals surface area contributed by atoms with Crippen LogP contribution in [0.5, 0.6) is 5.75 Å². The molecule has 0 spiro atoms. The Balaban J connectivity index is 2.08. The van der Waals surface area contributed by atoms with Gasteiger partial charge in [-0.05, 0) is 43.5 Å². The molecular formula is C23H26N4O6. The van der Waals surface area contributed by atoms with Crippen LogP contribution in [0.1, 0.15) is 30.8 Å². The maximum absolute atomic E-state index is 12.4. The van der Waals surface area contributed by atoms with Crippen LogP contribution in [-0.4, -0.2) is 35.1 Å². The number of esters is 1. The van der Waals surface area contributed by atoms with Crippen LogP contribution in [0.4, 0.5) is 11.4 Å². The van der Waals surface area contributed by atoms with Crippen molar-refractivity contribution in [2.45, 2.75) is 34.2 Å². The van der Waals surface area contributed by atoms with Gasteiger partial charge in [0.2, 0.25) is 0 Å². The van der Waals surface area contributed by atoms with Crippen LogP contribution < -0.4 is 10.1 Å². The zero-order valence-corrected chi connectivity index (χ0v) is 19.2. The lowest BCUT2D eigenvalue weighted by Crippen LogP contribution is -2.21. The number of methoxy groups -OCH3 is 1. The van der Waals surface area contributed by atoms with Gasteiger partial charge in [-0.25, -0.2) is 4.79 Å². The summed E-state index contributed by atoms with van der Waals surface area (Å²) in [5.74, 6) is -1.11. The molecule has 1 N–H and O–H groups in total. The molecular weight excluding hydrogens is 428 g/mol. The van der Waals surface area contributed by atoms with Crippen molar-refractivity contribution >= 4 is 29.3 Å². The molecule has 2 aromatic rings. The SMILES string of the molecule is COc1cc([N+](=O)[O-])ccc1NC(=O)COC(=O)/C(C#N)=C/c1cc(C)n(CC(C)C)c1C. The maximum atomic E-state index is 12.4. The third-order valence-electron chi connectivity index (χ3n) is 4.81. The number of nitro benzene ring substituents is 1. The summed E-state index contributed by atoms with van der Waals surface area (Å²) in [7, 11) is 1.30. The minimum absolute atomic E-state index is 0.0817. The lowest BCUT2D eigenvalue weighted by Gasteiger charge is -2.12. The molecule has 0 aliphatic carbocycles. The molecule has 0 unspecified atom stereocenters. The monoisotopic (exact) mass is 454 g/mol. The van der Waals surface area contributed by atoms with Crippen molar-refractivity contribution in [3.63, 3.8) is 0 Å². The number of aromatic nitrogens is 1.